The molecule has 0 aliphatic heterocycles. The van der Waals surface area contributed by atoms with Crippen LogP contribution in [0.2, 0.25) is 0 Å². The van der Waals surface area contributed by atoms with Gasteiger partial charge in [0.2, 0.25) is 0 Å². The number of pyridine rings is 1. The van der Waals surface area contributed by atoms with Crippen LogP contribution < -0.4 is 11.3 Å². The lowest BCUT2D eigenvalue weighted by Crippen LogP contribution is -2.30. The number of rotatable bonds is 4. The van der Waals surface area contributed by atoms with Crippen LogP contribution in [0.1, 0.15) is 48.7 Å². The molecule has 1 fully saturated rings. The first-order valence-electron chi connectivity index (χ1n) is 6.76. The summed E-state index contributed by atoms with van der Waals surface area (Å²) in [5, 5.41) is 0.762. The number of hydrazine groups is 1. The Morgan fingerprint density at radius 3 is 3.00 bits per heavy atom. The van der Waals surface area contributed by atoms with Crippen LogP contribution in [0, 0.1) is 5.92 Å². The lowest BCUT2D eigenvalue weighted by atomic mass is 9.91. The van der Waals surface area contributed by atoms with Gasteiger partial charge in [-0.05, 0) is 30.9 Å². The Morgan fingerprint density at radius 2 is 2.37 bits per heavy atom. The van der Waals surface area contributed by atoms with E-state index in [1.807, 2.05) is 17.8 Å². The Morgan fingerprint density at radius 1 is 1.53 bits per heavy atom. The average Bonchev–Trinajstić information content (AvgIpc) is 2.45. The third-order valence-corrected chi connectivity index (χ3v) is 4.94. The molecule has 2 rings (SSSR count). The van der Waals surface area contributed by atoms with E-state index in [4.69, 9.17) is 5.84 Å². The second-order valence-electron chi connectivity index (χ2n) is 5.22. The molecule has 4 nitrogen and oxygen atoms in total. The summed E-state index contributed by atoms with van der Waals surface area (Å²) < 4.78 is 0. The highest BCUT2D eigenvalue weighted by Crippen LogP contribution is 2.33. The number of nitrogens with two attached hydrogens (primary N) is 1. The molecule has 0 saturated heterocycles. The van der Waals surface area contributed by atoms with Crippen molar-refractivity contribution < 1.29 is 4.79 Å². The molecule has 0 radical (unpaired) electrons. The van der Waals surface area contributed by atoms with E-state index >= 15 is 0 Å². The predicted octanol–water partition coefficient (Wildman–Crippen LogP) is 2.50. The fraction of sp³-hybridized carbons (Fsp3) is 0.571. The Kier molecular flexibility index (Phi) is 5.22. The number of hydrogen-bond donors (Lipinski definition) is 2. The summed E-state index contributed by atoms with van der Waals surface area (Å²) in [6.45, 7) is 2.34. The van der Waals surface area contributed by atoms with Crippen LogP contribution in [-0.2, 0) is 5.75 Å². The van der Waals surface area contributed by atoms with Crippen molar-refractivity contribution in [3.63, 3.8) is 0 Å². The number of amides is 1. The molecular weight excluding hydrogens is 258 g/mol. The second-order valence-corrected chi connectivity index (χ2v) is 6.51. The number of aromatic nitrogens is 1. The summed E-state index contributed by atoms with van der Waals surface area (Å²) in [5.74, 6) is 6.56. The van der Waals surface area contributed by atoms with Crippen molar-refractivity contribution in [3.8, 4) is 0 Å². The standard InChI is InChI=1S/C14H21N3OS/c1-10-3-2-4-13(7-10)19-9-12-6-5-11(8-16-12)14(18)17-15/h5-6,8,10,13H,2-4,7,9,15H2,1H3,(H,17,18). The third-order valence-electron chi connectivity index (χ3n) is 3.57. The van der Waals surface area contributed by atoms with Crippen molar-refractivity contribution in [1.82, 2.24) is 10.4 Å². The molecule has 1 heterocycles. The van der Waals surface area contributed by atoms with Gasteiger partial charge in [0.1, 0.15) is 0 Å². The molecule has 3 N–H and O–H groups in total. The van der Waals surface area contributed by atoms with E-state index in [9.17, 15) is 4.79 Å². The summed E-state index contributed by atoms with van der Waals surface area (Å²) in [6.07, 6.45) is 6.95. The maximum Gasteiger partial charge on any atom is 0.266 e. The zero-order valence-corrected chi connectivity index (χ0v) is 12.1. The summed E-state index contributed by atoms with van der Waals surface area (Å²) in [4.78, 5) is 15.6. The van der Waals surface area contributed by atoms with Gasteiger partial charge in [0.05, 0.1) is 11.3 Å². The Bertz CT molecular complexity index is 421. The van der Waals surface area contributed by atoms with Gasteiger partial charge in [0, 0.05) is 17.2 Å². The smallest absolute Gasteiger partial charge is 0.266 e. The van der Waals surface area contributed by atoms with Crippen LogP contribution in [0.4, 0.5) is 0 Å². The van der Waals surface area contributed by atoms with E-state index < -0.39 is 0 Å². The maximum atomic E-state index is 11.3. The molecule has 104 valence electrons. The first kappa shape index (κ1) is 14.3. The number of nitrogens with one attached hydrogen (secondary N) is 1. The molecule has 19 heavy (non-hydrogen) atoms. The van der Waals surface area contributed by atoms with E-state index in [1.54, 1.807) is 12.3 Å². The number of nitrogen functional groups attached to an aromatic ring is 1. The quantitative estimate of drug-likeness (QED) is 0.505. The first-order valence-corrected chi connectivity index (χ1v) is 7.81. The lowest BCUT2D eigenvalue weighted by Gasteiger charge is -2.26. The van der Waals surface area contributed by atoms with Gasteiger partial charge in [-0.25, -0.2) is 5.84 Å². The van der Waals surface area contributed by atoms with E-state index in [2.05, 4.69) is 17.3 Å². The monoisotopic (exact) mass is 279 g/mol. The molecule has 0 bridgehead atoms. The van der Waals surface area contributed by atoms with Gasteiger partial charge in [0.25, 0.3) is 5.91 Å². The maximum absolute atomic E-state index is 11.3. The second kappa shape index (κ2) is 6.91. The van der Waals surface area contributed by atoms with Gasteiger partial charge in [0.15, 0.2) is 0 Å². The number of carbonyl (C=O) groups excluding carboxylic acids is 1. The molecule has 1 aliphatic rings. The molecule has 1 aromatic heterocycles. The van der Waals surface area contributed by atoms with Crippen molar-refractivity contribution in [3.05, 3.63) is 29.6 Å². The molecule has 5 heteroatoms. The number of carbonyl (C=O) groups is 1. The number of hydrogen-bond acceptors (Lipinski definition) is 4. The fourth-order valence-electron chi connectivity index (χ4n) is 2.46. The van der Waals surface area contributed by atoms with E-state index in [-0.39, 0.29) is 5.91 Å². The van der Waals surface area contributed by atoms with Gasteiger partial charge in [-0.3, -0.25) is 15.2 Å². The Labute approximate surface area is 118 Å². The van der Waals surface area contributed by atoms with Crippen LogP contribution >= 0.6 is 11.8 Å². The predicted molar refractivity (Wildman–Crippen MR) is 78.6 cm³/mol. The van der Waals surface area contributed by atoms with Gasteiger partial charge in [-0.1, -0.05) is 19.8 Å². The SMILES string of the molecule is CC1CCCC(SCc2ccc(C(=O)NN)cn2)C1. The minimum Gasteiger partial charge on any atom is -0.290 e. The van der Waals surface area contributed by atoms with Gasteiger partial charge in [-0.15, -0.1) is 0 Å². The normalized spacial score (nSPS) is 23.1. The summed E-state index contributed by atoms with van der Waals surface area (Å²) in [7, 11) is 0. The van der Waals surface area contributed by atoms with E-state index in [0.29, 0.717) is 5.56 Å². The highest BCUT2D eigenvalue weighted by atomic mass is 32.2. The molecule has 2 unspecified atom stereocenters. The largest absolute Gasteiger partial charge is 0.290 e. The van der Waals surface area contributed by atoms with Gasteiger partial charge >= 0.3 is 0 Å². The zero-order chi connectivity index (χ0) is 13.7. The van der Waals surface area contributed by atoms with Crippen molar-refractivity contribution in [2.45, 2.75) is 43.6 Å². The number of nitrogens with zero attached hydrogens (tertiary/aromatic N) is 1. The minimum absolute atomic E-state index is 0.298. The molecule has 1 amide bonds. The van der Waals surface area contributed by atoms with Crippen molar-refractivity contribution in [2.75, 3.05) is 0 Å². The first-order chi connectivity index (χ1) is 9.19. The van der Waals surface area contributed by atoms with E-state index in [0.717, 1.165) is 22.6 Å². The summed E-state index contributed by atoms with van der Waals surface area (Å²) in [5.41, 5.74) is 3.63. The van der Waals surface area contributed by atoms with Crippen LogP contribution in [0.25, 0.3) is 0 Å². The molecule has 1 saturated carbocycles. The van der Waals surface area contributed by atoms with Crippen LogP contribution in [0.5, 0.6) is 0 Å². The number of thioether (sulfide) groups is 1. The highest BCUT2D eigenvalue weighted by Gasteiger charge is 2.19. The van der Waals surface area contributed by atoms with E-state index in [1.165, 1.54) is 25.7 Å². The average molecular weight is 279 g/mol. The topological polar surface area (TPSA) is 68.0 Å². The Balaban J connectivity index is 1.84. The Hall–Kier alpha value is -1.07. The molecule has 1 aromatic rings. The van der Waals surface area contributed by atoms with Crippen LogP contribution in [0.15, 0.2) is 18.3 Å². The summed E-state index contributed by atoms with van der Waals surface area (Å²) >= 11 is 1.99. The highest BCUT2D eigenvalue weighted by molar-refractivity contribution is 7.99. The third kappa shape index (κ3) is 4.21. The minimum atomic E-state index is -0.298. The lowest BCUT2D eigenvalue weighted by molar-refractivity contribution is 0.0953. The molecule has 2 atom stereocenters. The molecular formula is C14H21N3OS. The van der Waals surface area contributed by atoms with Gasteiger partial charge in [-0.2, -0.15) is 11.8 Å². The molecule has 0 aromatic carbocycles. The molecule has 1 aliphatic carbocycles. The summed E-state index contributed by atoms with van der Waals surface area (Å²) in [6, 6.07) is 3.68. The van der Waals surface area contributed by atoms with Crippen LogP contribution in [-0.4, -0.2) is 16.1 Å². The van der Waals surface area contributed by atoms with Crippen LogP contribution in [0.3, 0.4) is 0 Å². The molecule has 0 spiro atoms. The fourth-order valence-corrected chi connectivity index (χ4v) is 3.84. The van der Waals surface area contributed by atoms with Gasteiger partial charge < -0.3 is 0 Å². The van der Waals surface area contributed by atoms with Crippen molar-refractivity contribution in [2.24, 2.45) is 11.8 Å². The zero-order valence-electron chi connectivity index (χ0n) is 11.3. The van der Waals surface area contributed by atoms with Crippen molar-refractivity contribution >= 4 is 17.7 Å². The van der Waals surface area contributed by atoms with Crippen molar-refractivity contribution in [1.29, 1.82) is 0 Å².